The van der Waals surface area contributed by atoms with Crippen LogP contribution < -0.4 is 16.0 Å². The molecule has 6 heteroatoms. The van der Waals surface area contributed by atoms with Crippen LogP contribution in [0, 0.1) is 0 Å². The van der Waals surface area contributed by atoms with Gasteiger partial charge in [-0.2, -0.15) is 0 Å². The van der Waals surface area contributed by atoms with E-state index in [2.05, 4.69) is 5.32 Å². The van der Waals surface area contributed by atoms with Crippen molar-refractivity contribution in [2.24, 2.45) is 5.73 Å². The van der Waals surface area contributed by atoms with Crippen LogP contribution in [0.25, 0.3) is 0 Å². The van der Waals surface area contributed by atoms with Gasteiger partial charge in [0.25, 0.3) is 0 Å². The summed E-state index contributed by atoms with van der Waals surface area (Å²) in [5.41, 5.74) is 7.46. The van der Waals surface area contributed by atoms with Gasteiger partial charge in [-0.25, -0.2) is 0 Å². The highest BCUT2D eigenvalue weighted by Gasteiger charge is 2.29. The van der Waals surface area contributed by atoms with Crippen LogP contribution in [0.3, 0.4) is 0 Å². The molecule has 0 saturated carbocycles. The summed E-state index contributed by atoms with van der Waals surface area (Å²) >= 11 is 6.22. The Kier molecular flexibility index (Phi) is 5.85. The smallest absolute Gasteiger partial charge is 0.245 e. The van der Waals surface area contributed by atoms with Crippen molar-refractivity contribution in [1.82, 2.24) is 5.32 Å². The van der Waals surface area contributed by atoms with E-state index < -0.39 is 0 Å². The summed E-state index contributed by atoms with van der Waals surface area (Å²) in [7, 11) is 0. The Balaban J connectivity index is 2.18. The zero-order chi connectivity index (χ0) is 15.2. The number of nitrogens with one attached hydrogen (secondary N) is 1. The van der Waals surface area contributed by atoms with Crippen LogP contribution in [-0.4, -0.2) is 38.3 Å². The molecule has 2 rings (SSSR count). The van der Waals surface area contributed by atoms with Gasteiger partial charge in [-0.15, -0.1) is 0 Å². The molecule has 1 saturated heterocycles. The number of anilines is 1. The second-order valence-electron chi connectivity index (χ2n) is 5.05. The Labute approximate surface area is 130 Å². The molecule has 1 aromatic rings. The number of morpholine rings is 1. The van der Waals surface area contributed by atoms with Gasteiger partial charge in [0.2, 0.25) is 5.91 Å². The summed E-state index contributed by atoms with van der Waals surface area (Å²) in [4.78, 5) is 14.3. The van der Waals surface area contributed by atoms with Gasteiger partial charge < -0.3 is 20.7 Å². The number of hydrogen-bond acceptors (Lipinski definition) is 4. The van der Waals surface area contributed by atoms with E-state index in [-0.39, 0.29) is 11.9 Å². The summed E-state index contributed by atoms with van der Waals surface area (Å²) in [5, 5.41) is 3.56. The lowest BCUT2D eigenvalue weighted by Crippen LogP contribution is -2.54. The molecule has 1 unspecified atom stereocenters. The van der Waals surface area contributed by atoms with Crippen LogP contribution in [0.5, 0.6) is 0 Å². The van der Waals surface area contributed by atoms with E-state index in [0.29, 0.717) is 37.9 Å². The van der Waals surface area contributed by atoms with Gasteiger partial charge in [-0.05, 0) is 24.1 Å². The second-order valence-corrected chi connectivity index (χ2v) is 5.46. The fourth-order valence-electron chi connectivity index (χ4n) is 2.38. The number of rotatable bonds is 5. The maximum atomic E-state index is 12.3. The SMILES string of the molecule is CCCNC(=O)C1COCCN1c1ccc(CN)c(Cl)c1. The second kappa shape index (κ2) is 7.64. The van der Waals surface area contributed by atoms with Crippen LogP contribution in [0.2, 0.25) is 5.02 Å². The zero-order valence-electron chi connectivity index (χ0n) is 12.3. The van der Waals surface area contributed by atoms with Crippen LogP contribution in [0.4, 0.5) is 5.69 Å². The lowest BCUT2D eigenvalue weighted by molar-refractivity contribution is -0.124. The van der Waals surface area contributed by atoms with Crippen LogP contribution in [0.15, 0.2) is 18.2 Å². The topological polar surface area (TPSA) is 67.6 Å². The van der Waals surface area contributed by atoms with Gasteiger partial charge in [-0.1, -0.05) is 24.6 Å². The molecule has 1 heterocycles. The van der Waals surface area contributed by atoms with Crippen molar-refractivity contribution in [2.45, 2.75) is 25.9 Å². The number of benzene rings is 1. The largest absolute Gasteiger partial charge is 0.377 e. The third-order valence-corrected chi connectivity index (χ3v) is 3.92. The lowest BCUT2D eigenvalue weighted by Gasteiger charge is -2.36. The van der Waals surface area contributed by atoms with Gasteiger partial charge in [0.1, 0.15) is 6.04 Å². The summed E-state index contributed by atoms with van der Waals surface area (Å²) in [6, 6.07) is 5.42. The maximum absolute atomic E-state index is 12.3. The number of nitrogens with two attached hydrogens (primary N) is 1. The van der Waals surface area contributed by atoms with E-state index in [1.165, 1.54) is 0 Å². The molecule has 0 spiro atoms. The van der Waals surface area contributed by atoms with Crippen molar-refractivity contribution >= 4 is 23.2 Å². The first-order valence-electron chi connectivity index (χ1n) is 7.28. The molecule has 1 aromatic carbocycles. The molecule has 0 aliphatic carbocycles. The Bertz CT molecular complexity index is 496. The average molecular weight is 312 g/mol. The summed E-state index contributed by atoms with van der Waals surface area (Å²) in [6.45, 7) is 4.78. The molecular weight excluding hydrogens is 290 g/mol. The molecule has 3 N–H and O–H groups in total. The number of carbonyl (C=O) groups is 1. The molecule has 116 valence electrons. The standard InChI is InChI=1S/C15H22ClN3O2/c1-2-5-18-15(20)14-10-21-7-6-19(14)12-4-3-11(9-17)13(16)8-12/h3-4,8,14H,2,5-7,9-10,17H2,1H3,(H,18,20). The predicted octanol–water partition coefficient (Wildman–Crippen LogP) is 1.53. The molecular formula is C15H22ClN3O2. The minimum atomic E-state index is -0.315. The first kappa shape index (κ1) is 16.1. The maximum Gasteiger partial charge on any atom is 0.245 e. The zero-order valence-corrected chi connectivity index (χ0v) is 13.0. The van der Waals surface area contributed by atoms with E-state index in [1.54, 1.807) is 0 Å². The fourth-order valence-corrected chi connectivity index (χ4v) is 2.63. The van der Waals surface area contributed by atoms with Crippen molar-refractivity contribution in [3.05, 3.63) is 28.8 Å². The van der Waals surface area contributed by atoms with Crippen molar-refractivity contribution in [3.8, 4) is 0 Å². The van der Waals surface area contributed by atoms with Gasteiger partial charge in [0.05, 0.1) is 13.2 Å². The number of carbonyl (C=O) groups excluding carboxylic acids is 1. The quantitative estimate of drug-likeness (QED) is 0.865. The highest BCUT2D eigenvalue weighted by atomic mass is 35.5. The Morgan fingerprint density at radius 1 is 1.57 bits per heavy atom. The molecule has 0 radical (unpaired) electrons. The van der Waals surface area contributed by atoms with Crippen molar-refractivity contribution < 1.29 is 9.53 Å². The summed E-state index contributed by atoms with van der Waals surface area (Å²) in [5.74, 6) is -0.00410. The van der Waals surface area contributed by atoms with Crippen LogP contribution in [0.1, 0.15) is 18.9 Å². The number of ether oxygens (including phenoxy) is 1. The molecule has 21 heavy (non-hydrogen) atoms. The molecule has 1 fully saturated rings. The van der Waals surface area contributed by atoms with E-state index in [0.717, 1.165) is 17.7 Å². The minimum absolute atomic E-state index is 0.00410. The fraction of sp³-hybridized carbons (Fsp3) is 0.533. The molecule has 1 atom stereocenters. The monoisotopic (exact) mass is 311 g/mol. The Hall–Kier alpha value is -1.30. The van der Waals surface area contributed by atoms with E-state index in [4.69, 9.17) is 22.1 Å². The third-order valence-electron chi connectivity index (χ3n) is 3.57. The van der Waals surface area contributed by atoms with Crippen LogP contribution in [-0.2, 0) is 16.1 Å². The van der Waals surface area contributed by atoms with Gasteiger partial charge in [0.15, 0.2) is 0 Å². The minimum Gasteiger partial charge on any atom is -0.377 e. The average Bonchev–Trinajstić information content (AvgIpc) is 2.52. The van der Waals surface area contributed by atoms with Crippen molar-refractivity contribution in [3.63, 3.8) is 0 Å². The van der Waals surface area contributed by atoms with E-state index in [1.807, 2.05) is 30.0 Å². The van der Waals surface area contributed by atoms with Crippen molar-refractivity contribution in [2.75, 3.05) is 31.2 Å². The molecule has 0 aromatic heterocycles. The highest BCUT2D eigenvalue weighted by Crippen LogP contribution is 2.26. The van der Waals surface area contributed by atoms with Gasteiger partial charge in [0, 0.05) is 30.3 Å². The summed E-state index contributed by atoms with van der Waals surface area (Å²) in [6.07, 6.45) is 0.913. The molecule has 5 nitrogen and oxygen atoms in total. The number of amides is 1. The normalized spacial score (nSPS) is 18.6. The van der Waals surface area contributed by atoms with Crippen molar-refractivity contribution in [1.29, 1.82) is 0 Å². The molecule has 1 aliphatic rings. The predicted molar refractivity (Wildman–Crippen MR) is 84.6 cm³/mol. The first-order valence-corrected chi connectivity index (χ1v) is 7.65. The number of hydrogen-bond donors (Lipinski definition) is 2. The van der Waals surface area contributed by atoms with E-state index >= 15 is 0 Å². The Morgan fingerprint density at radius 3 is 3.05 bits per heavy atom. The number of halogens is 1. The number of nitrogens with zero attached hydrogens (tertiary/aromatic N) is 1. The van der Waals surface area contributed by atoms with Crippen LogP contribution >= 0.6 is 11.6 Å². The summed E-state index contributed by atoms with van der Waals surface area (Å²) < 4.78 is 5.45. The van der Waals surface area contributed by atoms with Gasteiger partial charge in [-0.3, -0.25) is 4.79 Å². The lowest BCUT2D eigenvalue weighted by atomic mass is 10.1. The highest BCUT2D eigenvalue weighted by molar-refractivity contribution is 6.31. The van der Waals surface area contributed by atoms with E-state index in [9.17, 15) is 4.79 Å². The van der Waals surface area contributed by atoms with Gasteiger partial charge >= 0.3 is 0 Å². The molecule has 1 aliphatic heterocycles. The first-order chi connectivity index (χ1) is 10.2. The molecule has 0 bridgehead atoms. The Morgan fingerprint density at radius 2 is 2.38 bits per heavy atom. The third kappa shape index (κ3) is 3.87. The molecule has 1 amide bonds.